The van der Waals surface area contributed by atoms with Crippen molar-refractivity contribution in [1.82, 2.24) is 19.9 Å². The van der Waals surface area contributed by atoms with Crippen molar-refractivity contribution >= 4 is 23.3 Å². The molecular formula is C19H21FN6O. The van der Waals surface area contributed by atoms with E-state index in [1.807, 2.05) is 25.1 Å². The summed E-state index contributed by atoms with van der Waals surface area (Å²) in [4.78, 5) is 18.8. The summed E-state index contributed by atoms with van der Waals surface area (Å²) in [6, 6.07) is 10.0. The molecule has 0 aliphatic carbocycles. The van der Waals surface area contributed by atoms with Crippen molar-refractivity contribution in [3.8, 4) is 0 Å². The van der Waals surface area contributed by atoms with Crippen molar-refractivity contribution in [2.24, 2.45) is 0 Å². The molecule has 1 saturated heterocycles. The maximum atomic E-state index is 13.4. The summed E-state index contributed by atoms with van der Waals surface area (Å²) in [6.07, 6.45) is 3.62. The predicted molar refractivity (Wildman–Crippen MR) is 102 cm³/mol. The Balaban J connectivity index is 1.39. The van der Waals surface area contributed by atoms with Crippen LogP contribution in [-0.4, -0.2) is 39.8 Å². The SMILES string of the molecule is Cc1cc(F)ccc1N1CCCC(NC(=O)Nc2nc3ccccn3n2)C1. The molecule has 2 N–H and O–H groups in total. The first kappa shape index (κ1) is 17.3. The van der Waals surface area contributed by atoms with Crippen LogP contribution in [0.4, 0.5) is 20.8 Å². The second-order valence-electron chi connectivity index (χ2n) is 6.75. The maximum Gasteiger partial charge on any atom is 0.321 e. The topological polar surface area (TPSA) is 74.6 Å². The number of benzene rings is 1. The summed E-state index contributed by atoms with van der Waals surface area (Å²) in [5, 5.41) is 9.89. The van der Waals surface area contributed by atoms with Gasteiger partial charge in [-0.3, -0.25) is 5.32 Å². The molecule has 4 rings (SSSR count). The van der Waals surface area contributed by atoms with E-state index >= 15 is 0 Å². The van der Waals surface area contributed by atoms with Crippen LogP contribution in [0.1, 0.15) is 18.4 Å². The lowest BCUT2D eigenvalue weighted by Gasteiger charge is -2.35. The van der Waals surface area contributed by atoms with Crippen molar-refractivity contribution in [1.29, 1.82) is 0 Å². The molecule has 27 heavy (non-hydrogen) atoms. The number of aryl methyl sites for hydroxylation is 1. The first-order valence-corrected chi connectivity index (χ1v) is 8.98. The number of carbonyl (C=O) groups excluding carboxylic acids is 1. The van der Waals surface area contributed by atoms with Gasteiger partial charge in [0.2, 0.25) is 0 Å². The molecule has 7 nitrogen and oxygen atoms in total. The van der Waals surface area contributed by atoms with Crippen LogP contribution in [0, 0.1) is 12.7 Å². The van der Waals surface area contributed by atoms with Crippen molar-refractivity contribution in [3.05, 3.63) is 54.0 Å². The highest BCUT2D eigenvalue weighted by atomic mass is 19.1. The van der Waals surface area contributed by atoms with E-state index in [2.05, 4.69) is 25.6 Å². The number of anilines is 2. The van der Waals surface area contributed by atoms with Crippen LogP contribution in [0.15, 0.2) is 42.6 Å². The number of pyridine rings is 1. The van der Waals surface area contributed by atoms with E-state index in [0.717, 1.165) is 30.6 Å². The number of nitrogens with one attached hydrogen (secondary N) is 2. The van der Waals surface area contributed by atoms with Crippen LogP contribution in [0.3, 0.4) is 0 Å². The molecular weight excluding hydrogens is 347 g/mol. The zero-order valence-corrected chi connectivity index (χ0v) is 15.0. The standard InChI is InChI=1S/C19H21FN6O/c1-13-11-14(20)7-8-16(13)25-9-4-5-15(12-25)21-19(27)23-18-22-17-6-2-3-10-26(17)24-18/h2-3,6-8,10-11,15H,4-5,9,12H2,1H3,(H2,21,23,24,27). The highest BCUT2D eigenvalue weighted by molar-refractivity contribution is 5.87. The van der Waals surface area contributed by atoms with Crippen molar-refractivity contribution in [2.45, 2.75) is 25.8 Å². The second-order valence-corrected chi connectivity index (χ2v) is 6.75. The molecule has 1 aliphatic heterocycles. The zero-order valence-electron chi connectivity index (χ0n) is 15.0. The van der Waals surface area contributed by atoms with E-state index < -0.39 is 0 Å². The van der Waals surface area contributed by atoms with E-state index in [1.165, 1.54) is 12.1 Å². The van der Waals surface area contributed by atoms with Crippen molar-refractivity contribution in [2.75, 3.05) is 23.3 Å². The second kappa shape index (κ2) is 7.22. The highest BCUT2D eigenvalue weighted by Crippen LogP contribution is 2.24. The Hall–Kier alpha value is -3.16. The number of piperidine rings is 1. The number of hydrogen-bond acceptors (Lipinski definition) is 4. The van der Waals surface area contributed by atoms with Gasteiger partial charge in [-0.25, -0.2) is 13.7 Å². The van der Waals surface area contributed by atoms with Gasteiger partial charge in [-0.15, -0.1) is 5.10 Å². The highest BCUT2D eigenvalue weighted by Gasteiger charge is 2.23. The molecule has 1 atom stereocenters. The van der Waals surface area contributed by atoms with Gasteiger partial charge in [-0.05, 0) is 55.7 Å². The summed E-state index contributed by atoms with van der Waals surface area (Å²) in [5.74, 6) is 0.0306. The molecule has 1 unspecified atom stereocenters. The monoisotopic (exact) mass is 368 g/mol. The number of rotatable bonds is 3. The van der Waals surface area contributed by atoms with Gasteiger partial charge in [0, 0.05) is 31.0 Å². The number of aromatic nitrogens is 3. The fourth-order valence-corrected chi connectivity index (χ4v) is 3.49. The van der Waals surface area contributed by atoms with Crippen LogP contribution in [0.25, 0.3) is 5.65 Å². The molecule has 0 spiro atoms. The lowest BCUT2D eigenvalue weighted by molar-refractivity contribution is 0.246. The van der Waals surface area contributed by atoms with Gasteiger partial charge in [0.05, 0.1) is 0 Å². The van der Waals surface area contributed by atoms with Gasteiger partial charge in [-0.2, -0.15) is 4.98 Å². The number of nitrogens with zero attached hydrogens (tertiary/aromatic N) is 4. The molecule has 3 heterocycles. The molecule has 8 heteroatoms. The third-order valence-electron chi connectivity index (χ3n) is 4.72. The molecule has 0 radical (unpaired) electrons. The molecule has 2 aromatic heterocycles. The van der Waals surface area contributed by atoms with Crippen LogP contribution < -0.4 is 15.5 Å². The minimum atomic E-state index is -0.325. The first-order valence-electron chi connectivity index (χ1n) is 8.98. The normalized spacial score (nSPS) is 17.1. The average molecular weight is 368 g/mol. The number of fused-ring (bicyclic) bond motifs is 1. The van der Waals surface area contributed by atoms with Gasteiger partial charge >= 0.3 is 6.03 Å². The first-order chi connectivity index (χ1) is 13.1. The minimum absolute atomic E-state index is 0.000217. The molecule has 3 aromatic rings. The van der Waals surface area contributed by atoms with E-state index in [0.29, 0.717) is 12.2 Å². The minimum Gasteiger partial charge on any atom is -0.369 e. The molecule has 2 amide bonds. The van der Waals surface area contributed by atoms with E-state index in [1.54, 1.807) is 16.8 Å². The smallest absolute Gasteiger partial charge is 0.321 e. The van der Waals surface area contributed by atoms with Crippen LogP contribution >= 0.6 is 0 Å². The third-order valence-corrected chi connectivity index (χ3v) is 4.72. The molecule has 0 saturated carbocycles. The van der Waals surface area contributed by atoms with Crippen LogP contribution in [0.2, 0.25) is 0 Å². The summed E-state index contributed by atoms with van der Waals surface area (Å²) in [5.41, 5.74) is 2.57. The van der Waals surface area contributed by atoms with Crippen molar-refractivity contribution in [3.63, 3.8) is 0 Å². The number of amides is 2. The van der Waals surface area contributed by atoms with Crippen LogP contribution in [-0.2, 0) is 0 Å². The molecule has 0 bridgehead atoms. The van der Waals surface area contributed by atoms with E-state index in [-0.39, 0.29) is 23.8 Å². The number of urea groups is 1. The largest absolute Gasteiger partial charge is 0.369 e. The summed E-state index contributed by atoms with van der Waals surface area (Å²) in [7, 11) is 0. The number of carbonyl (C=O) groups is 1. The Kier molecular flexibility index (Phi) is 4.62. The number of hydrogen-bond donors (Lipinski definition) is 2. The van der Waals surface area contributed by atoms with Gasteiger partial charge < -0.3 is 10.2 Å². The molecule has 1 aromatic carbocycles. The fourth-order valence-electron chi connectivity index (χ4n) is 3.49. The Morgan fingerprint density at radius 1 is 1.30 bits per heavy atom. The third kappa shape index (κ3) is 3.84. The Bertz CT molecular complexity index is 939. The Morgan fingerprint density at radius 3 is 3.00 bits per heavy atom. The van der Waals surface area contributed by atoms with Gasteiger partial charge in [0.15, 0.2) is 5.65 Å². The van der Waals surface area contributed by atoms with Crippen molar-refractivity contribution < 1.29 is 9.18 Å². The maximum absolute atomic E-state index is 13.4. The lowest BCUT2D eigenvalue weighted by atomic mass is 10.0. The molecule has 140 valence electrons. The molecule has 1 fully saturated rings. The average Bonchev–Trinajstić information content (AvgIpc) is 3.04. The summed E-state index contributed by atoms with van der Waals surface area (Å²) in [6.45, 7) is 3.47. The predicted octanol–water partition coefficient (Wildman–Crippen LogP) is 2.97. The Morgan fingerprint density at radius 2 is 2.19 bits per heavy atom. The van der Waals surface area contributed by atoms with Gasteiger partial charge in [0.25, 0.3) is 5.95 Å². The fraction of sp³-hybridized carbons (Fsp3) is 0.316. The van der Waals surface area contributed by atoms with Gasteiger partial charge in [0.1, 0.15) is 5.82 Å². The Labute approximate surface area is 156 Å². The summed E-state index contributed by atoms with van der Waals surface area (Å²) < 4.78 is 15.0. The lowest BCUT2D eigenvalue weighted by Crippen LogP contribution is -2.49. The summed E-state index contributed by atoms with van der Waals surface area (Å²) >= 11 is 0. The molecule has 1 aliphatic rings. The van der Waals surface area contributed by atoms with E-state index in [9.17, 15) is 9.18 Å². The van der Waals surface area contributed by atoms with Crippen LogP contribution in [0.5, 0.6) is 0 Å². The van der Waals surface area contributed by atoms with E-state index in [4.69, 9.17) is 0 Å². The zero-order chi connectivity index (χ0) is 18.8. The number of halogens is 1. The van der Waals surface area contributed by atoms with Gasteiger partial charge in [-0.1, -0.05) is 6.07 Å². The quantitative estimate of drug-likeness (QED) is 0.745.